The zero-order chi connectivity index (χ0) is 18.1. The maximum absolute atomic E-state index is 12.3. The summed E-state index contributed by atoms with van der Waals surface area (Å²) < 4.78 is 15.1. The van der Waals surface area contributed by atoms with Crippen LogP contribution in [-0.4, -0.2) is 53.7 Å². The zero-order valence-corrected chi connectivity index (χ0v) is 13.0. The predicted octanol–water partition coefficient (Wildman–Crippen LogP) is 0.421. The van der Waals surface area contributed by atoms with Gasteiger partial charge < -0.3 is 19.5 Å². The Kier molecular flexibility index (Phi) is 4.13. The second kappa shape index (κ2) is 6.26. The highest BCUT2D eigenvalue weighted by Gasteiger charge is 2.34. The Labute approximate surface area is 140 Å². The molecule has 1 N–H and O–H groups in total. The Bertz CT molecular complexity index is 778. The SMILES string of the molecule is CC(OC(=O)c1cc2c(cc1[N+](=O)[O-])OCO2)C(=O)N1CCNC1=O. The van der Waals surface area contributed by atoms with Crippen molar-refractivity contribution < 1.29 is 33.5 Å². The van der Waals surface area contributed by atoms with Gasteiger partial charge in [-0.15, -0.1) is 0 Å². The zero-order valence-electron chi connectivity index (χ0n) is 13.0. The van der Waals surface area contributed by atoms with Crippen LogP contribution in [0, 0.1) is 10.1 Å². The average molecular weight is 351 g/mol. The molecule has 3 rings (SSSR count). The van der Waals surface area contributed by atoms with Crippen molar-refractivity contribution in [2.75, 3.05) is 19.9 Å². The topological polar surface area (TPSA) is 137 Å². The number of nitrogens with zero attached hydrogens (tertiary/aromatic N) is 2. The van der Waals surface area contributed by atoms with Crippen molar-refractivity contribution in [2.24, 2.45) is 0 Å². The van der Waals surface area contributed by atoms with E-state index in [4.69, 9.17) is 14.2 Å². The van der Waals surface area contributed by atoms with E-state index < -0.39 is 34.6 Å². The lowest BCUT2D eigenvalue weighted by atomic mass is 10.1. The van der Waals surface area contributed by atoms with Gasteiger partial charge in [-0.2, -0.15) is 0 Å². The van der Waals surface area contributed by atoms with Gasteiger partial charge >= 0.3 is 12.0 Å². The second-order valence-corrected chi connectivity index (χ2v) is 5.25. The lowest BCUT2D eigenvalue weighted by Gasteiger charge is -2.18. The predicted molar refractivity (Wildman–Crippen MR) is 79.2 cm³/mol. The normalized spacial score (nSPS) is 16.4. The second-order valence-electron chi connectivity index (χ2n) is 5.25. The number of nitro benzene ring substituents is 1. The van der Waals surface area contributed by atoms with Crippen molar-refractivity contribution in [3.63, 3.8) is 0 Å². The Hall–Kier alpha value is -3.37. The van der Waals surface area contributed by atoms with Crippen LogP contribution in [-0.2, 0) is 9.53 Å². The highest BCUT2D eigenvalue weighted by atomic mass is 16.7. The molecule has 0 spiro atoms. The molecule has 11 heteroatoms. The number of hydrogen-bond acceptors (Lipinski definition) is 8. The number of benzene rings is 1. The summed E-state index contributed by atoms with van der Waals surface area (Å²) in [7, 11) is 0. The molecule has 1 aromatic carbocycles. The molecule has 1 unspecified atom stereocenters. The van der Waals surface area contributed by atoms with Crippen LogP contribution >= 0.6 is 0 Å². The number of nitrogens with one attached hydrogen (secondary N) is 1. The Morgan fingerprint density at radius 1 is 1.36 bits per heavy atom. The van der Waals surface area contributed by atoms with E-state index in [0.717, 1.165) is 17.0 Å². The summed E-state index contributed by atoms with van der Waals surface area (Å²) >= 11 is 0. The van der Waals surface area contributed by atoms with Crippen molar-refractivity contribution in [2.45, 2.75) is 13.0 Å². The van der Waals surface area contributed by atoms with Gasteiger partial charge in [-0.3, -0.25) is 19.8 Å². The molecule has 0 saturated carbocycles. The van der Waals surface area contributed by atoms with Gasteiger partial charge in [0.15, 0.2) is 17.6 Å². The number of imide groups is 1. The number of urea groups is 1. The van der Waals surface area contributed by atoms with E-state index >= 15 is 0 Å². The molecular weight excluding hydrogens is 338 g/mol. The fourth-order valence-electron chi connectivity index (χ4n) is 2.42. The molecule has 2 aliphatic rings. The van der Waals surface area contributed by atoms with Crippen LogP contribution < -0.4 is 14.8 Å². The number of rotatable bonds is 4. The van der Waals surface area contributed by atoms with Gasteiger partial charge in [-0.25, -0.2) is 9.59 Å². The highest BCUT2D eigenvalue weighted by molar-refractivity contribution is 6.00. The molecule has 1 fully saturated rings. The monoisotopic (exact) mass is 351 g/mol. The fraction of sp³-hybridized carbons (Fsp3) is 0.357. The number of esters is 1. The van der Waals surface area contributed by atoms with E-state index in [0.29, 0.717) is 6.54 Å². The third-order valence-electron chi connectivity index (χ3n) is 3.66. The van der Waals surface area contributed by atoms with E-state index in [-0.39, 0.29) is 30.4 Å². The molecule has 2 heterocycles. The summed E-state index contributed by atoms with van der Waals surface area (Å²) in [6.45, 7) is 1.62. The molecule has 25 heavy (non-hydrogen) atoms. The van der Waals surface area contributed by atoms with Crippen LogP contribution in [0.1, 0.15) is 17.3 Å². The number of ether oxygens (including phenoxy) is 3. The third-order valence-corrected chi connectivity index (χ3v) is 3.66. The number of nitro groups is 1. The van der Waals surface area contributed by atoms with E-state index in [9.17, 15) is 24.5 Å². The molecule has 3 amide bonds. The summed E-state index contributed by atoms with van der Waals surface area (Å²) in [4.78, 5) is 47.2. The van der Waals surface area contributed by atoms with Gasteiger partial charge in [-0.1, -0.05) is 0 Å². The quantitative estimate of drug-likeness (QED) is 0.468. The fourth-order valence-corrected chi connectivity index (χ4v) is 2.42. The minimum absolute atomic E-state index is 0.121. The number of hydrogen-bond donors (Lipinski definition) is 1. The highest BCUT2D eigenvalue weighted by Crippen LogP contribution is 2.38. The van der Waals surface area contributed by atoms with E-state index in [1.807, 2.05) is 0 Å². The number of carbonyl (C=O) groups excluding carboxylic acids is 3. The number of fused-ring (bicyclic) bond motifs is 1. The standard InChI is InChI=1S/C14H13N3O8/c1-7(12(18)16-3-2-15-14(16)20)25-13(19)8-4-10-11(24-6-23-10)5-9(8)17(21)22/h4-5,7H,2-3,6H2,1H3,(H,15,20). The lowest BCUT2D eigenvalue weighted by molar-refractivity contribution is -0.385. The number of amides is 3. The van der Waals surface area contributed by atoms with Crippen molar-refractivity contribution in [3.05, 3.63) is 27.8 Å². The average Bonchev–Trinajstić information content (AvgIpc) is 3.20. The van der Waals surface area contributed by atoms with Crippen LogP contribution in [0.3, 0.4) is 0 Å². The van der Waals surface area contributed by atoms with Crippen molar-refractivity contribution in [1.82, 2.24) is 10.2 Å². The molecule has 0 radical (unpaired) electrons. The Morgan fingerprint density at radius 3 is 2.64 bits per heavy atom. The molecule has 0 aromatic heterocycles. The smallest absolute Gasteiger partial charge is 0.346 e. The molecule has 1 saturated heterocycles. The molecule has 1 aromatic rings. The first-order valence-corrected chi connectivity index (χ1v) is 7.26. The molecule has 2 aliphatic heterocycles. The summed E-state index contributed by atoms with van der Waals surface area (Å²) in [5.74, 6) is -1.49. The minimum atomic E-state index is -1.29. The van der Waals surface area contributed by atoms with Crippen LogP contribution in [0.2, 0.25) is 0 Å². The van der Waals surface area contributed by atoms with Crippen LogP contribution in [0.5, 0.6) is 11.5 Å². The van der Waals surface area contributed by atoms with E-state index in [2.05, 4.69) is 5.32 Å². The molecule has 11 nitrogen and oxygen atoms in total. The van der Waals surface area contributed by atoms with Crippen molar-refractivity contribution in [3.8, 4) is 11.5 Å². The molecule has 0 bridgehead atoms. The molecular formula is C14H13N3O8. The van der Waals surface area contributed by atoms with E-state index in [1.165, 1.54) is 6.92 Å². The van der Waals surface area contributed by atoms with Crippen LogP contribution in [0.15, 0.2) is 12.1 Å². The Balaban J connectivity index is 1.80. The third kappa shape index (κ3) is 3.03. The molecule has 1 atom stereocenters. The van der Waals surface area contributed by atoms with E-state index in [1.54, 1.807) is 0 Å². The first-order chi connectivity index (χ1) is 11.9. The van der Waals surface area contributed by atoms with Gasteiger partial charge in [0.1, 0.15) is 5.56 Å². The van der Waals surface area contributed by atoms with Gasteiger partial charge in [0, 0.05) is 19.2 Å². The summed E-state index contributed by atoms with van der Waals surface area (Å²) in [6.07, 6.45) is -1.29. The summed E-state index contributed by atoms with van der Waals surface area (Å²) in [5, 5.41) is 13.6. The minimum Gasteiger partial charge on any atom is -0.454 e. The van der Waals surface area contributed by atoms with Crippen LogP contribution in [0.4, 0.5) is 10.5 Å². The molecule has 0 aliphatic carbocycles. The first kappa shape index (κ1) is 16.5. The van der Waals surface area contributed by atoms with Crippen molar-refractivity contribution >= 4 is 23.6 Å². The largest absolute Gasteiger partial charge is 0.454 e. The lowest BCUT2D eigenvalue weighted by Crippen LogP contribution is -2.41. The maximum atomic E-state index is 12.3. The summed E-state index contributed by atoms with van der Waals surface area (Å²) in [5.41, 5.74) is -0.910. The maximum Gasteiger partial charge on any atom is 0.346 e. The van der Waals surface area contributed by atoms with Gasteiger partial charge in [0.25, 0.3) is 11.6 Å². The van der Waals surface area contributed by atoms with Gasteiger partial charge in [-0.05, 0) is 6.92 Å². The molecule has 132 valence electrons. The van der Waals surface area contributed by atoms with Crippen LogP contribution in [0.25, 0.3) is 0 Å². The Morgan fingerprint density at radius 2 is 2.04 bits per heavy atom. The number of carbonyl (C=O) groups is 3. The van der Waals surface area contributed by atoms with Gasteiger partial charge in [0.05, 0.1) is 11.0 Å². The summed E-state index contributed by atoms with van der Waals surface area (Å²) in [6, 6.07) is 1.60. The van der Waals surface area contributed by atoms with Gasteiger partial charge in [0.2, 0.25) is 6.79 Å². The van der Waals surface area contributed by atoms with Crippen molar-refractivity contribution in [1.29, 1.82) is 0 Å². The first-order valence-electron chi connectivity index (χ1n) is 7.26.